The number of nitrogens with one attached hydrogen (secondary N) is 1. The highest BCUT2D eigenvalue weighted by atomic mass is 15.2. The summed E-state index contributed by atoms with van der Waals surface area (Å²) < 4.78 is 0. The van der Waals surface area contributed by atoms with Crippen LogP contribution in [0, 0.1) is 6.92 Å². The van der Waals surface area contributed by atoms with Gasteiger partial charge in [-0.15, -0.1) is 0 Å². The average molecular weight is 273 g/mol. The Labute approximate surface area is 123 Å². The second kappa shape index (κ2) is 6.70. The molecule has 0 bridgehead atoms. The van der Waals surface area contributed by atoms with Crippen LogP contribution in [-0.2, 0) is 6.54 Å². The van der Waals surface area contributed by atoms with Crippen LogP contribution in [0.15, 0.2) is 24.3 Å². The summed E-state index contributed by atoms with van der Waals surface area (Å²) in [6.07, 6.45) is 2.68. The maximum absolute atomic E-state index is 3.45. The highest BCUT2D eigenvalue weighted by molar-refractivity contribution is 5.22. The van der Waals surface area contributed by atoms with Gasteiger partial charge in [-0.25, -0.2) is 0 Å². The molecule has 3 nitrogen and oxygen atoms in total. The van der Waals surface area contributed by atoms with Gasteiger partial charge in [0, 0.05) is 38.8 Å². The molecule has 0 amide bonds. The Morgan fingerprint density at radius 2 is 1.85 bits per heavy atom. The number of piperidine rings is 1. The van der Waals surface area contributed by atoms with Crippen molar-refractivity contribution in [2.45, 2.75) is 32.4 Å². The third-order valence-electron chi connectivity index (χ3n) is 4.71. The minimum absolute atomic E-state index is 0.825. The van der Waals surface area contributed by atoms with Crippen LogP contribution in [0.25, 0.3) is 0 Å². The van der Waals surface area contributed by atoms with E-state index in [-0.39, 0.29) is 0 Å². The van der Waals surface area contributed by atoms with Gasteiger partial charge in [-0.3, -0.25) is 9.80 Å². The molecule has 0 spiro atoms. The molecule has 3 rings (SSSR count). The number of hydrogen-bond acceptors (Lipinski definition) is 3. The fraction of sp³-hybridized carbons (Fsp3) is 0.647. The minimum atomic E-state index is 0.825. The fourth-order valence-corrected chi connectivity index (χ4v) is 3.56. The Morgan fingerprint density at radius 3 is 2.55 bits per heavy atom. The smallest absolute Gasteiger partial charge is 0.0233 e. The molecule has 0 atom stereocenters. The standard InChI is InChI=1S/C17H27N3/c1-15-3-2-4-16(13-15)14-19-9-5-17(6-10-19)20-11-7-18-8-12-20/h2-4,13,17-18H,5-12,14H2,1H3. The van der Waals surface area contributed by atoms with Crippen LogP contribution in [0.5, 0.6) is 0 Å². The van der Waals surface area contributed by atoms with Crippen LogP contribution in [-0.4, -0.2) is 55.1 Å². The summed E-state index contributed by atoms with van der Waals surface area (Å²) in [5.41, 5.74) is 2.84. The van der Waals surface area contributed by atoms with E-state index in [1.165, 1.54) is 63.2 Å². The first-order valence-electron chi connectivity index (χ1n) is 8.04. The molecule has 3 heteroatoms. The molecule has 1 N–H and O–H groups in total. The van der Waals surface area contributed by atoms with E-state index in [2.05, 4.69) is 46.3 Å². The summed E-state index contributed by atoms with van der Waals surface area (Å²) >= 11 is 0. The van der Waals surface area contributed by atoms with Gasteiger partial charge >= 0.3 is 0 Å². The molecule has 1 aromatic carbocycles. The second-order valence-electron chi connectivity index (χ2n) is 6.28. The largest absolute Gasteiger partial charge is 0.314 e. The molecule has 0 aliphatic carbocycles. The maximum atomic E-state index is 3.45. The summed E-state index contributed by atoms with van der Waals surface area (Å²) in [5, 5.41) is 3.45. The van der Waals surface area contributed by atoms with Crippen LogP contribution < -0.4 is 5.32 Å². The van der Waals surface area contributed by atoms with E-state index < -0.39 is 0 Å². The zero-order valence-electron chi connectivity index (χ0n) is 12.6. The van der Waals surface area contributed by atoms with Crippen molar-refractivity contribution >= 4 is 0 Å². The van der Waals surface area contributed by atoms with Crippen molar-refractivity contribution < 1.29 is 0 Å². The van der Waals surface area contributed by atoms with E-state index in [0.29, 0.717) is 0 Å². The fourth-order valence-electron chi connectivity index (χ4n) is 3.56. The lowest BCUT2D eigenvalue weighted by atomic mass is 10.0. The molecule has 20 heavy (non-hydrogen) atoms. The van der Waals surface area contributed by atoms with Crippen LogP contribution in [0.4, 0.5) is 0 Å². The molecular formula is C17H27N3. The third kappa shape index (κ3) is 3.60. The van der Waals surface area contributed by atoms with Gasteiger partial charge in [-0.05, 0) is 38.4 Å². The molecule has 2 aliphatic rings. The Kier molecular flexibility index (Phi) is 4.71. The van der Waals surface area contributed by atoms with Gasteiger partial charge in [-0.2, -0.15) is 0 Å². The van der Waals surface area contributed by atoms with Gasteiger partial charge in [0.05, 0.1) is 0 Å². The molecule has 110 valence electrons. The number of aryl methyl sites for hydroxylation is 1. The molecule has 0 radical (unpaired) electrons. The monoisotopic (exact) mass is 273 g/mol. The number of rotatable bonds is 3. The van der Waals surface area contributed by atoms with Crippen molar-refractivity contribution in [3.8, 4) is 0 Å². The average Bonchev–Trinajstić information content (AvgIpc) is 2.49. The molecule has 2 saturated heterocycles. The zero-order valence-corrected chi connectivity index (χ0v) is 12.6. The summed E-state index contributed by atoms with van der Waals surface area (Å²) in [4.78, 5) is 5.31. The van der Waals surface area contributed by atoms with E-state index in [9.17, 15) is 0 Å². The van der Waals surface area contributed by atoms with Crippen molar-refractivity contribution in [3.63, 3.8) is 0 Å². The molecule has 0 aromatic heterocycles. The number of benzene rings is 1. The summed E-state index contributed by atoms with van der Waals surface area (Å²) in [5.74, 6) is 0. The molecular weight excluding hydrogens is 246 g/mol. The van der Waals surface area contributed by atoms with Crippen molar-refractivity contribution in [1.82, 2.24) is 15.1 Å². The lowest BCUT2D eigenvalue weighted by molar-refractivity contribution is 0.0948. The predicted octanol–water partition coefficient (Wildman–Crippen LogP) is 1.86. The number of likely N-dealkylation sites (tertiary alicyclic amines) is 1. The molecule has 1 aromatic rings. The van der Waals surface area contributed by atoms with Crippen molar-refractivity contribution in [1.29, 1.82) is 0 Å². The van der Waals surface area contributed by atoms with Crippen LogP contribution in [0.1, 0.15) is 24.0 Å². The van der Waals surface area contributed by atoms with Crippen LogP contribution >= 0.6 is 0 Å². The van der Waals surface area contributed by atoms with Gasteiger partial charge in [0.15, 0.2) is 0 Å². The number of hydrogen-bond donors (Lipinski definition) is 1. The Hall–Kier alpha value is -0.900. The molecule has 2 fully saturated rings. The van der Waals surface area contributed by atoms with Crippen LogP contribution in [0.3, 0.4) is 0 Å². The van der Waals surface area contributed by atoms with Gasteiger partial charge in [0.2, 0.25) is 0 Å². The van der Waals surface area contributed by atoms with Gasteiger partial charge in [0.1, 0.15) is 0 Å². The summed E-state index contributed by atoms with van der Waals surface area (Å²) in [7, 11) is 0. The van der Waals surface area contributed by atoms with Gasteiger partial charge in [-0.1, -0.05) is 29.8 Å². The highest BCUT2D eigenvalue weighted by Crippen LogP contribution is 2.19. The van der Waals surface area contributed by atoms with Gasteiger partial charge < -0.3 is 5.32 Å². The van der Waals surface area contributed by atoms with E-state index in [4.69, 9.17) is 0 Å². The van der Waals surface area contributed by atoms with E-state index in [0.717, 1.165) is 12.6 Å². The lowest BCUT2D eigenvalue weighted by Gasteiger charge is -2.40. The predicted molar refractivity (Wildman–Crippen MR) is 83.9 cm³/mol. The minimum Gasteiger partial charge on any atom is -0.314 e. The van der Waals surface area contributed by atoms with E-state index in [1.807, 2.05) is 0 Å². The molecule has 2 heterocycles. The maximum Gasteiger partial charge on any atom is 0.0233 e. The van der Waals surface area contributed by atoms with Gasteiger partial charge in [0.25, 0.3) is 0 Å². The van der Waals surface area contributed by atoms with E-state index in [1.54, 1.807) is 0 Å². The van der Waals surface area contributed by atoms with Crippen LogP contribution in [0.2, 0.25) is 0 Å². The topological polar surface area (TPSA) is 18.5 Å². The van der Waals surface area contributed by atoms with E-state index >= 15 is 0 Å². The highest BCUT2D eigenvalue weighted by Gasteiger charge is 2.25. The number of nitrogens with zero attached hydrogens (tertiary/aromatic N) is 2. The van der Waals surface area contributed by atoms with Crippen molar-refractivity contribution in [3.05, 3.63) is 35.4 Å². The first-order chi connectivity index (χ1) is 9.81. The Balaban J connectivity index is 1.48. The quantitative estimate of drug-likeness (QED) is 0.907. The Morgan fingerprint density at radius 1 is 1.10 bits per heavy atom. The Bertz CT molecular complexity index is 418. The second-order valence-corrected chi connectivity index (χ2v) is 6.28. The zero-order chi connectivity index (χ0) is 13.8. The molecule has 2 aliphatic heterocycles. The first kappa shape index (κ1) is 14.1. The normalized spacial score (nSPS) is 23.1. The number of piperazine rings is 1. The first-order valence-corrected chi connectivity index (χ1v) is 8.04. The molecule has 0 saturated carbocycles. The molecule has 0 unspecified atom stereocenters. The lowest BCUT2D eigenvalue weighted by Crippen LogP contribution is -2.51. The summed E-state index contributed by atoms with van der Waals surface area (Å²) in [6.45, 7) is 10.6. The SMILES string of the molecule is Cc1cccc(CN2CCC(N3CCNCC3)CC2)c1. The van der Waals surface area contributed by atoms with Crippen molar-refractivity contribution in [2.24, 2.45) is 0 Å². The van der Waals surface area contributed by atoms with Crippen molar-refractivity contribution in [2.75, 3.05) is 39.3 Å². The summed E-state index contributed by atoms with van der Waals surface area (Å²) in [6, 6.07) is 9.77. The third-order valence-corrected chi connectivity index (χ3v) is 4.71.